The quantitative estimate of drug-likeness (QED) is 0.811. The van der Waals surface area contributed by atoms with E-state index in [0.29, 0.717) is 12.3 Å². The van der Waals surface area contributed by atoms with Gasteiger partial charge in [-0.3, -0.25) is 4.98 Å². The lowest BCUT2D eigenvalue weighted by Gasteiger charge is -2.20. The fraction of sp³-hybridized carbons (Fsp3) is 0.643. The predicted molar refractivity (Wildman–Crippen MR) is 71.6 cm³/mol. The van der Waals surface area contributed by atoms with Gasteiger partial charge in [0.1, 0.15) is 5.75 Å². The van der Waals surface area contributed by atoms with Gasteiger partial charge in [0.15, 0.2) is 0 Å². The molecule has 0 aliphatic heterocycles. The van der Waals surface area contributed by atoms with Crippen molar-refractivity contribution in [1.82, 2.24) is 10.3 Å². The molecule has 1 N–H and O–H groups in total. The van der Waals surface area contributed by atoms with Crippen molar-refractivity contribution in [3.63, 3.8) is 0 Å². The summed E-state index contributed by atoms with van der Waals surface area (Å²) in [5.74, 6) is 0.549. The van der Waals surface area contributed by atoms with Crippen molar-refractivity contribution in [1.29, 1.82) is 0 Å². The van der Waals surface area contributed by atoms with Crippen LogP contribution >= 0.6 is 0 Å². The topological polar surface area (TPSA) is 34.1 Å². The molecular weight excluding hydrogens is 269 g/mol. The smallest absolute Gasteiger partial charge is 0.389 e. The molecule has 0 amide bonds. The van der Waals surface area contributed by atoms with Crippen molar-refractivity contribution in [3.05, 3.63) is 24.0 Å². The van der Waals surface area contributed by atoms with Crippen LogP contribution in [0, 0.1) is 0 Å². The average Bonchev–Trinajstić information content (AvgIpc) is 2.31. The highest BCUT2D eigenvalue weighted by molar-refractivity contribution is 5.22. The molecular formula is C14H21F3N2O. The molecule has 0 saturated heterocycles. The van der Waals surface area contributed by atoms with Gasteiger partial charge in [0, 0.05) is 30.8 Å². The molecule has 0 bridgehead atoms. The van der Waals surface area contributed by atoms with Crippen LogP contribution in [0.1, 0.15) is 39.3 Å². The number of ether oxygens (including phenoxy) is 1. The third-order valence-corrected chi connectivity index (χ3v) is 2.46. The Morgan fingerprint density at radius 2 is 1.95 bits per heavy atom. The van der Waals surface area contributed by atoms with E-state index in [4.69, 9.17) is 4.74 Å². The molecule has 114 valence electrons. The number of hydrogen-bond donors (Lipinski definition) is 1. The number of pyridine rings is 1. The molecule has 0 unspecified atom stereocenters. The van der Waals surface area contributed by atoms with Crippen molar-refractivity contribution in [2.45, 2.75) is 51.9 Å². The van der Waals surface area contributed by atoms with Crippen LogP contribution in [0.25, 0.3) is 0 Å². The minimum absolute atomic E-state index is 0.0226. The molecule has 0 aliphatic rings. The third kappa shape index (κ3) is 7.99. The molecule has 0 spiro atoms. The van der Waals surface area contributed by atoms with E-state index in [1.165, 1.54) is 0 Å². The monoisotopic (exact) mass is 290 g/mol. The Kier molecular flexibility index (Phi) is 5.80. The zero-order valence-electron chi connectivity index (χ0n) is 12.0. The van der Waals surface area contributed by atoms with E-state index in [9.17, 15) is 13.2 Å². The van der Waals surface area contributed by atoms with Crippen LogP contribution in [0.2, 0.25) is 0 Å². The summed E-state index contributed by atoms with van der Waals surface area (Å²) >= 11 is 0. The van der Waals surface area contributed by atoms with Crippen LogP contribution < -0.4 is 10.1 Å². The first kappa shape index (κ1) is 16.8. The maximum absolute atomic E-state index is 12.0. The summed E-state index contributed by atoms with van der Waals surface area (Å²) in [5.41, 5.74) is 0.777. The molecule has 0 fully saturated rings. The van der Waals surface area contributed by atoms with E-state index in [2.05, 4.69) is 10.3 Å². The minimum atomic E-state index is -4.12. The summed E-state index contributed by atoms with van der Waals surface area (Å²) in [4.78, 5) is 4.19. The van der Waals surface area contributed by atoms with Crippen molar-refractivity contribution in [3.8, 4) is 5.75 Å². The Hall–Kier alpha value is -1.30. The first-order valence-electron chi connectivity index (χ1n) is 6.55. The Morgan fingerprint density at radius 1 is 1.25 bits per heavy atom. The molecule has 0 atom stereocenters. The minimum Gasteiger partial charge on any atom is -0.493 e. The second-order valence-electron chi connectivity index (χ2n) is 5.65. The SMILES string of the molecule is CC(C)(C)NCc1cc(OCCCC(F)(F)F)ccn1. The van der Waals surface area contributed by atoms with Gasteiger partial charge in [-0.2, -0.15) is 13.2 Å². The second kappa shape index (κ2) is 6.92. The van der Waals surface area contributed by atoms with E-state index in [1.54, 1.807) is 18.3 Å². The Balaban J connectivity index is 2.40. The predicted octanol–water partition coefficient (Wildman–Crippen LogP) is 3.69. The van der Waals surface area contributed by atoms with E-state index >= 15 is 0 Å². The van der Waals surface area contributed by atoms with Crippen LogP contribution in [0.4, 0.5) is 13.2 Å². The normalized spacial score (nSPS) is 12.5. The van der Waals surface area contributed by atoms with Gasteiger partial charge in [-0.05, 0) is 33.3 Å². The van der Waals surface area contributed by atoms with Gasteiger partial charge in [0.25, 0.3) is 0 Å². The van der Waals surface area contributed by atoms with E-state index < -0.39 is 12.6 Å². The van der Waals surface area contributed by atoms with Crippen molar-refractivity contribution >= 4 is 0 Å². The molecule has 1 rings (SSSR count). The molecule has 0 radical (unpaired) electrons. The lowest BCUT2D eigenvalue weighted by Crippen LogP contribution is -2.35. The van der Waals surface area contributed by atoms with Crippen molar-refractivity contribution < 1.29 is 17.9 Å². The molecule has 3 nitrogen and oxygen atoms in total. The van der Waals surface area contributed by atoms with Crippen LogP contribution in [-0.2, 0) is 6.54 Å². The van der Waals surface area contributed by atoms with Gasteiger partial charge in [0.05, 0.1) is 12.3 Å². The lowest BCUT2D eigenvalue weighted by molar-refractivity contribution is -0.136. The van der Waals surface area contributed by atoms with Crippen LogP contribution in [0.15, 0.2) is 18.3 Å². The summed E-state index contributed by atoms with van der Waals surface area (Å²) in [5, 5.41) is 3.29. The summed E-state index contributed by atoms with van der Waals surface area (Å²) in [6.45, 7) is 6.78. The fourth-order valence-corrected chi connectivity index (χ4v) is 1.46. The Morgan fingerprint density at radius 3 is 2.55 bits per heavy atom. The van der Waals surface area contributed by atoms with E-state index in [1.807, 2.05) is 20.8 Å². The number of nitrogens with one attached hydrogen (secondary N) is 1. The van der Waals surface area contributed by atoms with Crippen LogP contribution in [0.5, 0.6) is 5.75 Å². The summed E-state index contributed by atoms with van der Waals surface area (Å²) in [6.07, 6.45) is -3.39. The standard InChI is InChI=1S/C14H21F3N2O/c1-13(2,3)19-10-11-9-12(5-7-18-11)20-8-4-6-14(15,16)17/h5,7,9,19H,4,6,8,10H2,1-3H3. The van der Waals surface area contributed by atoms with Gasteiger partial charge in [-0.15, -0.1) is 0 Å². The Labute approximate surface area is 117 Å². The molecule has 0 aromatic carbocycles. The summed E-state index contributed by atoms with van der Waals surface area (Å²) < 4.78 is 41.3. The molecule has 6 heteroatoms. The number of nitrogens with zero attached hydrogens (tertiary/aromatic N) is 1. The third-order valence-electron chi connectivity index (χ3n) is 2.46. The number of halogens is 3. The first-order chi connectivity index (χ1) is 9.16. The molecule has 1 aromatic heterocycles. The van der Waals surface area contributed by atoms with E-state index in [-0.39, 0.29) is 18.6 Å². The highest BCUT2D eigenvalue weighted by Gasteiger charge is 2.26. The summed E-state index contributed by atoms with van der Waals surface area (Å²) in [6, 6.07) is 3.39. The van der Waals surface area contributed by atoms with Crippen LogP contribution in [0.3, 0.4) is 0 Å². The van der Waals surface area contributed by atoms with Gasteiger partial charge < -0.3 is 10.1 Å². The number of aromatic nitrogens is 1. The molecule has 0 aliphatic carbocycles. The maximum Gasteiger partial charge on any atom is 0.389 e. The van der Waals surface area contributed by atoms with Crippen LogP contribution in [-0.4, -0.2) is 23.3 Å². The number of hydrogen-bond acceptors (Lipinski definition) is 3. The molecule has 1 heterocycles. The second-order valence-corrected chi connectivity index (χ2v) is 5.65. The largest absolute Gasteiger partial charge is 0.493 e. The lowest BCUT2D eigenvalue weighted by atomic mass is 10.1. The highest BCUT2D eigenvalue weighted by atomic mass is 19.4. The fourth-order valence-electron chi connectivity index (χ4n) is 1.46. The number of rotatable bonds is 6. The number of alkyl halides is 3. The van der Waals surface area contributed by atoms with Gasteiger partial charge in [0.2, 0.25) is 0 Å². The maximum atomic E-state index is 12.0. The van der Waals surface area contributed by atoms with Crippen molar-refractivity contribution in [2.24, 2.45) is 0 Å². The Bertz CT molecular complexity index is 414. The highest BCUT2D eigenvalue weighted by Crippen LogP contribution is 2.21. The molecule has 20 heavy (non-hydrogen) atoms. The van der Waals surface area contributed by atoms with E-state index in [0.717, 1.165) is 5.69 Å². The van der Waals surface area contributed by atoms with Gasteiger partial charge in [-0.1, -0.05) is 0 Å². The average molecular weight is 290 g/mol. The first-order valence-corrected chi connectivity index (χ1v) is 6.55. The molecule has 0 saturated carbocycles. The van der Waals surface area contributed by atoms with Gasteiger partial charge in [-0.25, -0.2) is 0 Å². The zero-order valence-corrected chi connectivity index (χ0v) is 12.0. The van der Waals surface area contributed by atoms with Gasteiger partial charge >= 0.3 is 6.18 Å². The van der Waals surface area contributed by atoms with Crippen molar-refractivity contribution in [2.75, 3.05) is 6.61 Å². The summed E-state index contributed by atoms with van der Waals surface area (Å²) in [7, 11) is 0. The zero-order chi connectivity index (χ0) is 15.2. The molecule has 1 aromatic rings.